The first kappa shape index (κ1) is 14.6. The fraction of sp³-hybridized carbons (Fsp3) is 0.214. The van der Waals surface area contributed by atoms with E-state index in [0.717, 1.165) is 11.3 Å². The molecule has 0 unspecified atom stereocenters. The molecule has 2 aromatic rings. The fourth-order valence-corrected chi connectivity index (χ4v) is 1.95. The summed E-state index contributed by atoms with van der Waals surface area (Å²) in [6, 6.07) is 8.19. The van der Waals surface area contributed by atoms with Crippen LogP contribution in [0, 0.1) is 17.0 Å². The smallest absolute Gasteiger partial charge is 0.404 e. The SMILES string of the molecule is CNC(=O)c1cccc(NCc2ccc([N+](=O)[O-])o2)c1C. The predicted octanol–water partition coefficient (Wildman–Crippen LogP) is 2.47. The molecule has 0 aliphatic carbocycles. The van der Waals surface area contributed by atoms with Crippen LogP contribution >= 0.6 is 0 Å². The summed E-state index contributed by atoms with van der Waals surface area (Å²) in [5, 5.41) is 16.2. The van der Waals surface area contributed by atoms with E-state index in [2.05, 4.69) is 10.6 Å². The van der Waals surface area contributed by atoms with E-state index < -0.39 is 4.92 Å². The van der Waals surface area contributed by atoms with Gasteiger partial charge in [0, 0.05) is 18.3 Å². The van der Waals surface area contributed by atoms with Crippen molar-refractivity contribution in [3.05, 3.63) is 57.3 Å². The second-order valence-electron chi connectivity index (χ2n) is 4.41. The molecule has 1 aromatic carbocycles. The van der Waals surface area contributed by atoms with Gasteiger partial charge in [-0.25, -0.2) is 0 Å². The van der Waals surface area contributed by atoms with E-state index in [1.807, 2.05) is 13.0 Å². The Labute approximate surface area is 121 Å². The van der Waals surface area contributed by atoms with E-state index in [9.17, 15) is 14.9 Å². The summed E-state index contributed by atoms with van der Waals surface area (Å²) in [5.41, 5.74) is 2.15. The van der Waals surface area contributed by atoms with Crippen LogP contribution in [-0.2, 0) is 6.54 Å². The molecule has 0 bridgehead atoms. The predicted molar refractivity (Wildman–Crippen MR) is 77.3 cm³/mol. The maximum Gasteiger partial charge on any atom is 0.433 e. The maximum atomic E-state index is 11.7. The highest BCUT2D eigenvalue weighted by atomic mass is 16.6. The van der Waals surface area contributed by atoms with E-state index in [-0.39, 0.29) is 11.8 Å². The van der Waals surface area contributed by atoms with Crippen LogP contribution in [0.25, 0.3) is 0 Å². The van der Waals surface area contributed by atoms with Gasteiger partial charge in [-0.1, -0.05) is 6.07 Å². The minimum Gasteiger partial charge on any atom is -0.404 e. The number of rotatable bonds is 5. The van der Waals surface area contributed by atoms with Crippen molar-refractivity contribution in [1.82, 2.24) is 5.32 Å². The van der Waals surface area contributed by atoms with Crippen molar-refractivity contribution in [2.24, 2.45) is 0 Å². The minimum absolute atomic E-state index is 0.162. The molecule has 0 aliphatic rings. The Morgan fingerprint density at radius 3 is 2.71 bits per heavy atom. The molecule has 1 heterocycles. The molecule has 7 nitrogen and oxygen atoms in total. The zero-order valence-electron chi connectivity index (χ0n) is 11.7. The molecule has 1 aromatic heterocycles. The van der Waals surface area contributed by atoms with Gasteiger partial charge in [-0.2, -0.15) is 0 Å². The molecule has 110 valence electrons. The number of hydrogen-bond donors (Lipinski definition) is 2. The largest absolute Gasteiger partial charge is 0.433 e. The third-order valence-electron chi connectivity index (χ3n) is 3.09. The Bertz CT molecular complexity index is 679. The molecular weight excluding hydrogens is 274 g/mol. The standard InChI is InChI=1S/C14H15N3O4/c1-9-11(14(18)15-2)4-3-5-12(9)16-8-10-6-7-13(21-10)17(19)20/h3-7,16H,8H2,1-2H3,(H,15,18). The Morgan fingerprint density at radius 2 is 2.10 bits per heavy atom. The fourth-order valence-electron chi connectivity index (χ4n) is 1.95. The summed E-state index contributed by atoms with van der Waals surface area (Å²) in [6.45, 7) is 2.13. The Balaban J connectivity index is 2.12. The molecule has 0 aliphatic heterocycles. The molecule has 0 atom stereocenters. The lowest BCUT2D eigenvalue weighted by atomic mass is 10.1. The van der Waals surface area contributed by atoms with E-state index in [0.29, 0.717) is 17.9 Å². The van der Waals surface area contributed by atoms with Gasteiger partial charge in [0.15, 0.2) is 0 Å². The van der Waals surface area contributed by atoms with Gasteiger partial charge in [0.1, 0.15) is 10.7 Å². The monoisotopic (exact) mass is 289 g/mol. The summed E-state index contributed by atoms with van der Waals surface area (Å²) in [5.74, 6) is -0.00105. The first-order chi connectivity index (χ1) is 10.0. The number of carbonyl (C=O) groups is 1. The Kier molecular flexibility index (Phi) is 4.22. The van der Waals surface area contributed by atoms with Crippen molar-refractivity contribution in [2.45, 2.75) is 13.5 Å². The van der Waals surface area contributed by atoms with Gasteiger partial charge >= 0.3 is 5.88 Å². The molecule has 2 rings (SSSR count). The molecule has 1 amide bonds. The number of carbonyl (C=O) groups excluding carboxylic acids is 1. The van der Waals surface area contributed by atoms with Crippen molar-refractivity contribution in [3.63, 3.8) is 0 Å². The van der Waals surface area contributed by atoms with E-state index in [4.69, 9.17) is 4.42 Å². The summed E-state index contributed by atoms with van der Waals surface area (Å²) < 4.78 is 5.06. The Hall–Kier alpha value is -2.83. The lowest BCUT2D eigenvalue weighted by Gasteiger charge is -2.11. The van der Waals surface area contributed by atoms with Gasteiger partial charge in [-0.05, 0) is 30.7 Å². The van der Waals surface area contributed by atoms with Crippen LogP contribution in [0.15, 0.2) is 34.7 Å². The van der Waals surface area contributed by atoms with Crippen molar-refractivity contribution in [2.75, 3.05) is 12.4 Å². The van der Waals surface area contributed by atoms with E-state index in [1.54, 1.807) is 25.2 Å². The summed E-state index contributed by atoms with van der Waals surface area (Å²) in [6.07, 6.45) is 0. The van der Waals surface area contributed by atoms with Crippen LogP contribution in [0.1, 0.15) is 21.7 Å². The molecule has 21 heavy (non-hydrogen) atoms. The normalized spacial score (nSPS) is 10.2. The topological polar surface area (TPSA) is 97.4 Å². The van der Waals surface area contributed by atoms with Crippen LogP contribution in [0.3, 0.4) is 0 Å². The number of anilines is 1. The summed E-state index contributed by atoms with van der Waals surface area (Å²) in [7, 11) is 1.57. The lowest BCUT2D eigenvalue weighted by molar-refractivity contribution is -0.402. The minimum atomic E-state index is -0.582. The highest BCUT2D eigenvalue weighted by molar-refractivity contribution is 5.96. The van der Waals surface area contributed by atoms with Crippen LogP contribution in [0.2, 0.25) is 0 Å². The van der Waals surface area contributed by atoms with Crippen molar-refractivity contribution < 1.29 is 14.1 Å². The summed E-state index contributed by atoms with van der Waals surface area (Å²) in [4.78, 5) is 21.7. The number of hydrogen-bond acceptors (Lipinski definition) is 5. The number of furan rings is 1. The highest BCUT2D eigenvalue weighted by Crippen LogP contribution is 2.21. The molecule has 2 N–H and O–H groups in total. The van der Waals surface area contributed by atoms with E-state index in [1.165, 1.54) is 6.07 Å². The molecule has 0 saturated heterocycles. The Morgan fingerprint density at radius 1 is 1.33 bits per heavy atom. The molecule has 0 spiro atoms. The van der Waals surface area contributed by atoms with Gasteiger partial charge < -0.3 is 15.1 Å². The average molecular weight is 289 g/mol. The quantitative estimate of drug-likeness (QED) is 0.651. The first-order valence-electron chi connectivity index (χ1n) is 6.31. The third kappa shape index (κ3) is 3.19. The highest BCUT2D eigenvalue weighted by Gasteiger charge is 2.13. The zero-order valence-corrected chi connectivity index (χ0v) is 11.7. The van der Waals surface area contributed by atoms with Gasteiger partial charge in [0.2, 0.25) is 0 Å². The average Bonchev–Trinajstić information content (AvgIpc) is 2.94. The lowest BCUT2D eigenvalue weighted by Crippen LogP contribution is -2.19. The molecule has 0 fully saturated rings. The second-order valence-corrected chi connectivity index (χ2v) is 4.41. The second kappa shape index (κ2) is 6.08. The number of nitrogens with zero attached hydrogens (tertiary/aromatic N) is 1. The molecule has 0 radical (unpaired) electrons. The number of benzene rings is 1. The zero-order chi connectivity index (χ0) is 15.4. The number of nitro groups is 1. The van der Waals surface area contributed by atoms with Crippen LogP contribution < -0.4 is 10.6 Å². The summed E-state index contributed by atoms with van der Waals surface area (Å²) >= 11 is 0. The first-order valence-corrected chi connectivity index (χ1v) is 6.31. The van der Waals surface area contributed by atoms with Crippen LogP contribution in [-0.4, -0.2) is 17.9 Å². The number of nitrogens with one attached hydrogen (secondary N) is 2. The van der Waals surface area contributed by atoms with Crippen LogP contribution in [0.5, 0.6) is 0 Å². The van der Waals surface area contributed by atoms with Gasteiger partial charge in [-0.15, -0.1) is 0 Å². The molecular formula is C14H15N3O4. The third-order valence-corrected chi connectivity index (χ3v) is 3.09. The molecule has 0 saturated carbocycles. The van der Waals surface area contributed by atoms with Crippen LogP contribution in [0.4, 0.5) is 11.6 Å². The van der Waals surface area contributed by atoms with Crippen molar-refractivity contribution in [3.8, 4) is 0 Å². The van der Waals surface area contributed by atoms with Gasteiger partial charge in [0.05, 0.1) is 12.6 Å². The van der Waals surface area contributed by atoms with Crippen molar-refractivity contribution >= 4 is 17.5 Å². The molecule has 7 heteroatoms. The van der Waals surface area contributed by atoms with Crippen molar-refractivity contribution in [1.29, 1.82) is 0 Å². The van der Waals surface area contributed by atoms with Gasteiger partial charge in [0.25, 0.3) is 5.91 Å². The van der Waals surface area contributed by atoms with E-state index >= 15 is 0 Å². The number of amides is 1. The maximum absolute atomic E-state index is 11.7. The van der Waals surface area contributed by atoms with Gasteiger partial charge in [-0.3, -0.25) is 14.9 Å².